The van der Waals surface area contributed by atoms with Gasteiger partial charge < -0.3 is 10.1 Å². The summed E-state index contributed by atoms with van der Waals surface area (Å²) in [4.78, 5) is 11.7. The molecule has 0 bridgehead atoms. The van der Waals surface area contributed by atoms with Crippen molar-refractivity contribution in [3.8, 4) is 0 Å². The summed E-state index contributed by atoms with van der Waals surface area (Å²) in [6.07, 6.45) is 3.11. The molecule has 1 aliphatic carbocycles. The number of amides is 2. The molecule has 2 N–H and O–H groups in total. The van der Waals surface area contributed by atoms with E-state index in [9.17, 15) is 4.79 Å². The van der Waals surface area contributed by atoms with Crippen molar-refractivity contribution in [3.05, 3.63) is 5.01 Å². The summed E-state index contributed by atoms with van der Waals surface area (Å²) in [7, 11) is 0. The largest absolute Gasteiger partial charge is 0.375 e. The summed E-state index contributed by atoms with van der Waals surface area (Å²) in [6, 6.07) is -0.0193. The van der Waals surface area contributed by atoms with Gasteiger partial charge in [0.15, 0.2) is 0 Å². The molecule has 1 aromatic heterocycles. The van der Waals surface area contributed by atoms with Gasteiger partial charge in [-0.25, -0.2) is 4.79 Å². The van der Waals surface area contributed by atoms with Gasteiger partial charge in [-0.15, -0.1) is 10.2 Å². The van der Waals surface area contributed by atoms with E-state index in [4.69, 9.17) is 4.74 Å². The van der Waals surface area contributed by atoms with E-state index < -0.39 is 0 Å². The molecule has 0 atom stereocenters. The van der Waals surface area contributed by atoms with E-state index in [1.54, 1.807) is 0 Å². The first-order valence-corrected chi connectivity index (χ1v) is 7.43. The van der Waals surface area contributed by atoms with E-state index in [-0.39, 0.29) is 24.3 Å². The third-order valence-electron chi connectivity index (χ3n) is 2.88. The lowest BCUT2D eigenvalue weighted by Crippen LogP contribution is -2.49. The van der Waals surface area contributed by atoms with Crippen LogP contribution in [0.4, 0.5) is 9.93 Å². The fourth-order valence-electron chi connectivity index (χ4n) is 1.95. The van der Waals surface area contributed by atoms with Gasteiger partial charge in [-0.3, -0.25) is 5.32 Å². The topological polar surface area (TPSA) is 76.1 Å². The van der Waals surface area contributed by atoms with Crippen molar-refractivity contribution in [2.45, 2.75) is 58.3 Å². The van der Waals surface area contributed by atoms with Crippen molar-refractivity contribution in [1.82, 2.24) is 15.5 Å². The standard InChI is InChI=1S/C12H20N4O2S/c1-4-10-15-16-12(19-10)14-11(17)13-8-5-9(6-8)18-7(2)3/h7-9H,4-6H2,1-3H3,(H2,13,14,16,17). The lowest BCUT2D eigenvalue weighted by Gasteiger charge is -2.36. The van der Waals surface area contributed by atoms with Crippen molar-refractivity contribution in [2.24, 2.45) is 0 Å². The van der Waals surface area contributed by atoms with Crippen LogP contribution >= 0.6 is 11.3 Å². The molecule has 1 saturated carbocycles. The van der Waals surface area contributed by atoms with Crippen LogP contribution in [0.15, 0.2) is 0 Å². The van der Waals surface area contributed by atoms with Crippen LogP contribution in [0.3, 0.4) is 0 Å². The monoisotopic (exact) mass is 284 g/mol. The van der Waals surface area contributed by atoms with Gasteiger partial charge in [0.2, 0.25) is 5.13 Å². The normalized spacial score (nSPS) is 22.1. The van der Waals surface area contributed by atoms with E-state index >= 15 is 0 Å². The number of carbonyl (C=O) groups excluding carboxylic acids is 1. The van der Waals surface area contributed by atoms with E-state index in [2.05, 4.69) is 20.8 Å². The highest BCUT2D eigenvalue weighted by Gasteiger charge is 2.31. The molecular formula is C12H20N4O2S. The van der Waals surface area contributed by atoms with Gasteiger partial charge >= 0.3 is 6.03 Å². The van der Waals surface area contributed by atoms with Gasteiger partial charge in [-0.05, 0) is 33.1 Å². The third kappa shape index (κ3) is 4.14. The Balaban J connectivity index is 1.68. The van der Waals surface area contributed by atoms with Crippen molar-refractivity contribution < 1.29 is 9.53 Å². The van der Waals surface area contributed by atoms with Crippen LogP contribution in [-0.4, -0.2) is 34.5 Å². The van der Waals surface area contributed by atoms with Gasteiger partial charge in [-0.1, -0.05) is 18.3 Å². The predicted octanol–water partition coefficient (Wildman–Crippen LogP) is 2.18. The number of nitrogens with zero attached hydrogens (tertiary/aromatic N) is 2. The second-order valence-corrected chi connectivity index (χ2v) is 5.99. The Hall–Kier alpha value is -1.21. The Morgan fingerprint density at radius 3 is 2.79 bits per heavy atom. The molecule has 106 valence electrons. The molecule has 2 amide bonds. The average Bonchev–Trinajstić information content (AvgIpc) is 2.73. The van der Waals surface area contributed by atoms with Gasteiger partial charge in [0.1, 0.15) is 5.01 Å². The van der Waals surface area contributed by atoms with Gasteiger partial charge in [0, 0.05) is 6.04 Å². The third-order valence-corrected chi connectivity index (χ3v) is 3.87. The van der Waals surface area contributed by atoms with Gasteiger partial charge in [0.25, 0.3) is 0 Å². The second-order valence-electron chi connectivity index (χ2n) is 4.93. The SMILES string of the molecule is CCc1nnc(NC(=O)NC2CC(OC(C)C)C2)s1. The lowest BCUT2D eigenvalue weighted by atomic mass is 9.89. The first-order valence-electron chi connectivity index (χ1n) is 6.62. The Morgan fingerprint density at radius 2 is 2.21 bits per heavy atom. The van der Waals surface area contributed by atoms with Gasteiger partial charge in [0.05, 0.1) is 12.2 Å². The van der Waals surface area contributed by atoms with Crippen molar-refractivity contribution in [1.29, 1.82) is 0 Å². The predicted molar refractivity (Wildman–Crippen MR) is 74.5 cm³/mol. The quantitative estimate of drug-likeness (QED) is 0.869. The zero-order chi connectivity index (χ0) is 13.8. The Labute approximate surface area is 116 Å². The highest BCUT2D eigenvalue weighted by Crippen LogP contribution is 2.24. The minimum Gasteiger partial charge on any atom is -0.375 e. The molecule has 1 fully saturated rings. The Morgan fingerprint density at radius 1 is 1.47 bits per heavy atom. The summed E-state index contributed by atoms with van der Waals surface area (Å²) in [5, 5.41) is 14.9. The number of urea groups is 1. The minimum absolute atomic E-state index is 0.197. The number of carbonyl (C=O) groups is 1. The zero-order valence-electron chi connectivity index (χ0n) is 11.5. The van der Waals surface area contributed by atoms with E-state index in [1.165, 1.54) is 11.3 Å². The van der Waals surface area contributed by atoms with Crippen molar-refractivity contribution >= 4 is 22.5 Å². The van der Waals surface area contributed by atoms with Crippen LogP contribution in [0.25, 0.3) is 0 Å². The van der Waals surface area contributed by atoms with Crippen LogP contribution in [-0.2, 0) is 11.2 Å². The summed E-state index contributed by atoms with van der Waals surface area (Å²) in [5.41, 5.74) is 0. The molecule has 1 heterocycles. The van der Waals surface area contributed by atoms with Crippen LogP contribution < -0.4 is 10.6 Å². The van der Waals surface area contributed by atoms with Crippen LogP contribution in [0.1, 0.15) is 38.6 Å². The molecule has 19 heavy (non-hydrogen) atoms. The summed E-state index contributed by atoms with van der Waals surface area (Å²) in [6.45, 7) is 6.05. The molecule has 0 aromatic carbocycles. The number of hydrogen-bond donors (Lipinski definition) is 2. The number of hydrogen-bond acceptors (Lipinski definition) is 5. The van der Waals surface area contributed by atoms with Crippen molar-refractivity contribution in [2.75, 3.05) is 5.32 Å². The number of rotatable bonds is 5. The zero-order valence-corrected chi connectivity index (χ0v) is 12.3. The highest BCUT2D eigenvalue weighted by atomic mass is 32.1. The smallest absolute Gasteiger partial charge is 0.321 e. The molecule has 2 rings (SSSR count). The van der Waals surface area contributed by atoms with Crippen LogP contribution in [0.5, 0.6) is 0 Å². The summed E-state index contributed by atoms with van der Waals surface area (Å²) < 4.78 is 5.64. The number of nitrogens with one attached hydrogen (secondary N) is 2. The molecule has 0 saturated heterocycles. The number of aryl methyl sites for hydroxylation is 1. The van der Waals surface area contributed by atoms with Gasteiger partial charge in [-0.2, -0.15) is 0 Å². The van der Waals surface area contributed by atoms with E-state index in [0.717, 1.165) is 24.3 Å². The fourth-order valence-corrected chi connectivity index (χ4v) is 2.62. The Kier molecular flexibility index (Phi) is 4.71. The lowest BCUT2D eigenvalue weighted by molar-refractivity contribution is -0.0473. The van der Waals surface area contributed by atoms with E-state index in [0.29, 0.717) is 5.13 Å². The molecule has 1 aliphatic rings. The maximum atomic E-state index is 11.7. The maximum absolute atomic E-state index is 11.7. The number of ether oxygens (including phenoxy) is 1. The average molecular weight is 284 g/mol. The number of aromatic nitrogens is 2. The molecule has 0 radical (unpaired) electrons. The van der Waals surface area contributed by atoms with E-state index in [1.807, 2.05) is 20.8 Å². The molecule has 0 spiro atoms. The fraction of sp³-hybridized carbons (Fsp3) is 0.750. The highest BCUT2D eigenvalue weighted by molar-refractivity contribution is 7.15. The molecule has 0 aliphatic heterocycles. The minimum atomic E-state index is -0.216. The maximum Gasteiger partial charge on any atom is 0.321 e. The van der Waals surface area contributed by atoms with Crippen molar-refractivity contribution in [3.63, 3.8) is 0 Å². The molecule has 0 unspecified atom stereocenters. The Bertz CT molecular complexity index is 429. The summed E-state index contributed by atoms with van der Waals surface area (Å²) >= 11 is 1.40. The van der Waals surface area contributed by atoms with Crippen LogP contribution in [0, 0.1) is 0 Å². The number of anilines is 1. The molecule has 7 heteroatoms. The molecule has 1 aromatic rings. The molecule has 6 nitrogen and oxygen atoms in total. The first-order chi connectivity index (χ1) is 9.06. The second kappa shape index (κ2) is 6.29. The first kappa shape index (κ1) is 14.2. The van der Waals surface area contributed by atoms with Crippen LogP contribution in [0.2, 0.25) is 0 Å². The summed E-state index contributed by atoms with van der Waals surface area (Å²) in [5.74, 6) is 0. The molecular weight excluding hydrogens is 264 g/mol.